The molecule has 114 valence electrons. The molecule has 1 aromatic carbocycles. The number of nitrogens with one attached hydrogen (secondary N) is 1. The van der Waals surface area contributed by atoms with E-state index in [0.29, 0.717) is 5.75 Å². The fraction of sp³-hybridized carbons (Fsp3) is 0.286. The van der Waals surface area contributed by atoms with Crippen molar-refractivity contribution in [1.82, 2.24) is 4.90 Å². The molecule has 0 aromatic heterocycles. The zero-order valence-corrected chi connectivity index (χ0v) is 11.7. The molecule has 0 saturated carbocycles. The normalized spacial score (nSPS) is 9.81. The van der Waals surface area contributed by atoms with Gasteiger partial charge in [0.25, 0.3) is 0 Å². The first-order valence-corrected chi connectivity index (χ1v) is 6.22. The first-order valence-electron chi connectivity index (χ1n) is 6.22. The number of methoxy groups -OCH3 is 1. The second-order valence-electron chi connectivity index (χ2n) is 4.11. The number of benzene rings is 1. The van der Waals surface area contributed by atoms with Gasteiger partial charge in [0.2, 0.25) is 0 Å². The van der Waals surface area contributed by atoms with E-state index in [1.54, 1.807) is 0 Å². The Balaban J connectivity index is 2.98. The third-order valence-electron chi connectivity index (χ3n) is 2.69. The monoisotopic (exact) mass is 294 g/mol. The van der Waals surface area contributed by atoms with Gasteiger partial charge in [-0.1, -0.05) is 6.08 Å². The van der Waals surface area contributed by atoms with E-state index in [1.807, 2.05) is 0 Å². The zero-order chi connectivity index (χ0) is 15.8. The summed E-state index contributed by atoms with van der Waals surface area (Å²) >= 11 is 0. The van der Waals surface area contributed by atoms with E-state index in [0.717, 1.165) is 0 Å². The smallest absolute Gasteiger partial charge is 0.335 e. The van der Waals surface area contributed by atoms with Gasteiger partial charge in [0.15, 0.2) is 0 Å². The topological polar surface area (TPSA) is 99.1 Å². The van der Waals surface area contributed by atoms with Crippen LogP contribution in [0.4, 0.5) is 10.5 Å². The number of hydrogen-bond donors (Lipinski definition) is 3. The van der Waals surface area contributed by atoms with Gasteiger partial charge < -0.3 is 25.2 Å². The number of carbonyl (C=O) groups is 2. The van der Waals surface area contributed by atoms with E-state index in [9.17, 15) is 9.59 Å². The maximum absolute atomic E-state index is 12.1. The lowest BCUT2D eigenvalue weighted by atomic mass is 10.2. The fourth-order valence-corrected chi connectivity index (χ4v) is 1.69. The van der Waals surface area contributed by atoms with Crippen molar-refractivity contribution in [2.24, 2.45) is 0 Å². The van der Waals surface area contributed by atoms with E-state index < -0.39 is 12.0 Å². The first-order chi connectivity index (χ1) is 10.0. The van der Waals surface area contributed by atoms with E-state index in [4.69, 9.17) is 14.9 Å². The van der Waals surface area contributed by atoms with Gasteiger partial charge in [0.1, 0.15) is 5.75 Å². The van der Waals surface area contributed by atoms with E-state index >= 15 is 0 Å². The molecule has 7 heteroatoms. The van der Waals surface area contributed by atoms with Crippen LogP contribution >= 0.6 is 0 Å². The number of hydrogen-bond acceptors (Lipinski definition) is 4. The lowest BCUT2D eigenvalue weighted by molar-refractivity contribution is 0.0697. The Bertz CT molecular complexity index is 530. The zero-order valence-electron chi connectivity index (χ0n) is 11.7. The highest BCUT2D eigenvalue weighted by Crippen LogP contribution is 2.25. The summed E-state index contributed by atoms with van der Waals surface area (Å²) in [6.07, 6.45) is 1.53. The average Bonchev–Trinajstić information content (AvgIpc) is 2.46. The second-order valence-corrected chi connectivity index (χ2v) is 4.11. The molecule has 0 spiro atoms. The molecule has 7 nitrogen and oxygen atoms in total. The van der Waals surface area contributed by atoms with Crippen LogP contribution in [0.15, 0.2) is 30.9 Å². The molecule has 2 amide bonds. The highest BCUT2D eigenvalue weighted by Gasteiger charge is 2.15. The van der Waals surface area contributed by atoms with Gasteiger partial charge in [-0.3, -0.25) is 0 Å². The van der Waals surface area contributed by atoms with Crippen molar-refractivity contribution in [2.75, 3.05) is 32.1 Å². The van der Waals surface area contributed by atoms with Crippen LogP contribution in [0.2, 0.25) is 0 Å². The number of aromatic carboxylic acids is 1. The molecule has 0 bridgehead atoms. The van der Waals surface area contributed by atoms with Crippen LogP contribution in [-0.2, 0) is 0 Å². The number of amides is 2. The summed E-state index contributed by atoms with van der Waals surface area (Å²) in [5, 5.41) is 20.5. The van der Waals surface area contributed by atoms with Crippen LogP contribution in [-0.4, -0.2) is 53.9 Å². The lowest BCUT2D eigenvalue weighted by Crippen LogP contribution is -2.37. The molecule has 0 unspecified atom stereocenters. The number of aliphatic hydroxyl groups is 1. The van der Waals surface area contributed by atoms with Crippen molar-refractivity contribution in [3.8, 4) is 5.75 Å². The highest BCUT2D eigenvalue weighted by atomic mass is 16.5. The van der Waals surface area contributed by atoms with Crippen molar-refractivity contribution >= 4 is 17.7 Å². The van der Waals surface area contributed by atoms with Gasteiger partial charge in [0, 0.05) is 13.1 Å². The molecule has 0 radical (unpaired) electrons. The number of rotatable bonds is 7. The fourth-order valence-electron chi connectivity index (χ4n) is 1.69. The predicted octanol–water partition coefficient (Wildman–Crippen LogP) is 1.41. The molecule has 1 aromatic rings. The number of anilines is 1. The molecule has 0 aliphatic rings. The molecule has 0 heterocycles. The number of nitrogens with zero attached hydrogens (tertiary/aromatic N) is 1. The maximum atomic E-state index is 12.1. The molecule has 0 saturated heterocycles. The van der Waals surface area contributed by atoms with Gasteiger partial charge in [-0.25, -0.2) is 9.59 Å². The molecule has 3 N–H and O–H groups in total. The number of urea groups is 1. The van der Waals surface area contributed by atoms with Gasteiger partial charge in [0.05, 0.1) is 25.0 Å². The molecular weight excluding hydrogens is 276 g/mol. The van der Waals surface area contributed by atoms with Gasteiger partial charge in [-0.2, -0.15) is 0 Å². The van der Waals surface area contributed by atoms with Crippen molar-refractivity contribution in [3.63, 3.8) is 0 Å². The number of carboxylic acid groups (broad SMARTS) is 1. The maximum Gasteiger partial charge on any atom is 0.335 e. The number of carbonyl (C=O) groups excluding carboxylic acids is 1. The van der Waals surface area contributed by atoms with Gasteiger partial charge >= 0.3 is 12.0 Å². The van der Waals surface area contributed by atoms with Gasteiger partial charge in [-0.15, -0.1) is 6.58 Å². The van der Waals surface area contributed by atoms with Crippen LogP contribution in [0.3, 0.4) is 0 Å². The van der Waals surface area contributed by atoms with Crippen LogP contribution in [0.1, 0.15) is 10.4 Å². The van der Waals surface area contributed by atoms with Crippen LogP contribution in [0.5, 0.6) is 5.75 Å². The summed E-state index contributed by atoms with van der Waals surface area (Å²) < 4.78 is 5.08. The average molecular weight is 294 g/mol. The van der Waals surface area contributed by atoms with Crippen molar-refractivity contribution < 1.29 is 24.5 Å². The Morgan fingerprint density at radius 1 is 1.48 bits per heavy atom. The molecule has 0 fully saturated rings. The molecular formula is C14H18N2O5. The summed E-state index contributed by atoms with van der Waals surface area (Å²) in [7, 11) is 1.42. The minimum absolute atomic E-state index is 0.0310. The Kier molecular flexibility index (Phi) is 6.22. The first kappa shape index (κ1) is 16.5. The summed E-state index contributed by atoms with van der Waals surface area (Å²) in [5.41, 5.74) is 0.276. The number of aliphatic hydroxyl groups excluding tert-OH is 1. The highest BCUT2D eigenvalue weighted by molar-refractivity contribution is 5.94. The summed E-state index contributed by atoms with van der Waals surface area (Å²) in [6, 6.07) is 3.67. The predicted molar refractivity (Wildman–Crippen MR) is 77.8 cm³/mol. The molecule has 1 rings (SSSR count). The summed E-state index contributed by atoms with van der Waals surface area (Å²) in [6.45, 7) is 3.75. The summed E-state index contributed by atoms with van der Waals surface area (Å²) in [5.74, 6) is -0.762. The van der Waals surface area contributed by atoms with Gasteiger partial charge in [-0.05, 0) is 18.2 Å². The summed E-state index contributed by atoms with van der Waals surface area (Å²) in [4.78, 5) is 24.4. The minimum Gasteiger partial charge on any atom is -0.495 e. The molecule has 21 heavy (non-hydrogen) atoms. The Labute approximate surface area is 122 Å². The van der Waals surface area contributed by atoms with E-state index in [1.165, 1.54) is 36.3 Å². The standard InChI is InChI=1S/C14H18N2O5/c1-3-6-16(7-8-17)14(20)15-11-9-10(13(18)19)4-5-12(11)21-2/h3-5,9,17H,1,6-8H2,2H3,(H,15,20)(H,18,19). The Hall–Kier alpha value is -2.54. The van der Waals surface area contributed by atoms with Crippen molar-refractivity contribution in [2.45, 2.75) is 0 Å². The van der Waals surface area contributed by atoms with Crippen molar-refractivity contribution in [3.05, 3.63) is 36.4 Å². The van der Waals surface area contributed by atoms with Crippen LogP contribution in [0.25, 0.3) is 0 Å². The number of ether oxygens (including phenoxy) is 1. The third kappa shape index (κ3) is 4.50. The van der Waals surface area contributed by atoms with E-state index in [-0.39, 0.29) is 30.9 Å². The van der Waals surface area contributed by atoms with E-state index in [2.05, 4.69) is 11.9 Å². The quantitative estimate of drug-likeness (QED) is 0.660. The Morgan fingerprint density at radius 3 is 2.71 bits per heavy atom. The SMILES string of the molecule is C=CCN(CCO)C(=O)Nc1cc(C(=O)O)ccc1OC. The second kappa shape index (κ2) is 7.91. The van der Waals surface area contributed by atoms with Crippen molar-refractivity contribution in [1.29, 1.82) is 0 Å². The third-order valence-corrected chi connectivity index (χ3v) is 2.69. The Morgan fingerprint density at radius 2 is 2.19 bits per heavy atom. The molecule has 0 atom stereocenters. The van der Waals surface area contributed by atoms with Crippen LogP contribution in [0, 0.1) is 0 Å². The number of carboxylic acids is 1. The lowest BCUT2D eigenvalue weighted by Gasteiger charge is -2.21. The molecule has 0 aliphatic carbocycles. The minimum atomic E-state index is -1.11. The molecule has 0 aliphatic heterocycles. The largest absolute Gasteiger partial charge is 0.495 e. The van der Waals surface area contributed by atoms with Crippen LogP contribution < -0.4 is 10.1 Å².